The highest BCUT2D eigenvalue weighted by atomic mass is 16.4. The molecule has 1 atom stereocenters. The van der Waals surface area contributed by atoms with Crippen LogP contribution in [-0.2, 0) is 4.74 Å². The first-order chi connectivity index (χ1) is 9.19. The average molecular weight is 252 g/mol. The summed E-state index contributed by atoms with van der Waals surface area (Å²) in [4.78, 5) is 0. The smallest absolute Gasteiger partial charge is 0.0351 e. The van der Waals surface area contributed by atoms with Crippen LogP contribution in [0.5, 0.6) is 0 Å². The Hall–Kier alpha value is -1.86. The van der Waals surface area contributed by atoms with E-state index in [0.717, 1.165) is 0 Å². The molecule has 0 amide bonds. The highest BCUT2D eigenvalue weighted by molar-refractivity contribution is 5.96. The second-order valence-electron chi connectivity index (χ2n) is 4.88. The molecule has 0 saturated carbocycles. The number of rotatable bonds is 1. The molecule has 1 aliphatic carbocycles. The largest absolute Gasteiger partial charge is 0.388 e. The summed E-state index contributed by atoms with van der Waals surface area (Å²) in [5.41, 5.74) is 3.92. The second-order valence-corrected chi connectivity index (χ2v) is 4.88. The van der Waals surface area contributed by atoms with Gasteiger partial charge in [-0.25, -0.2) is 0 Å². The molecule has 98 valence electrons. The standard InChI is InChI=1S/C16H14.C2H6O/c1-11(2)14-10-9-13-6-3-5-12-7-4-8-15(14)16(12)13;1-3-2/h3-10,14H,1H2,2H3;1-2H3. The predicted octanol–water partition coefficient (Wildman–Crippen LogP) is 4.79. The van der Waals surface area contributed by atoms with E-state index in [2.05, 4.69) is 66.8 Å². The van der Waals surface area contributed by atoms with Gasteiger partial charge in [0.25, 0.3) is 0 Å². The molecular formula is C18H20O. The Morgan fingerprint density at radius 2 is 1.74 bits per heavy atom. The molecule has 0 spiro atoms. The Morgan fingerprint density at radius 3 is 2.37 bits per heavy atom. The van der Waals surface area contributed by atoms with Crippen LogP contribution in [0.25, 0.3) is 16.8 Å². The number of hydrogen-bond acceptors (Lipinski definition) is 1. The van der Waals surface area contributed by atoms with Gasteiger partial charge >= 0.3 is 0 Å². The summed E-state index contributed by atoms with van der Waals surface area (Å²) in [5.74, 6) is 0.374. The number of methoxy groups -OCH3 is 1. The molecule has 0 radical (unpaired) electrons. The molecular weight excluding hydrogens is 232 g/mol. The monoisotopic (exact) mass is 252 g/mol. The molecule has 0 bridgehead atoms. The first kappa shape index (κ1) is 13.6. The fourth-order valence-electron chi connectivity index (χ4n) is 2.53. The summed E-state index contributed by atoms with van der Waals surface area (Å²) in [6.07, 6.45) is 4.47. The molecule has 1 aliphatic rings. The lowest BCUT2D eigenvalue weighted by Crippen LogP contribution is -2.01. The van der Waals surface area contributed by atoms with Crippen LogP contribution in [0.3, 0.4) is 0 Å². The van der Waals surface area contributed by atoms with Crippen LogP contribution in [0.1, 0.15) is 24.0 Å². The van der Waals surface area contributed by atoms with Crippen molar-refractivity contribution < 1.29 is 4.74 Å². The van der Waals surface area contributed by atoms with Crippen molar-refractivity contribution >= 4 is 16.8 Å². The SMILES string of the molecule is C=C(C)C1C=Cc2cccc3cccc1c23.COC. The highest BCUT2D eigenvalue weighted by Gasteiger charge is 2.17. The zero-order chi connectivity index (χ0) is 13.8. The molecule has 0 saturated heterocycles. The first-order valence-electron chi connectivity index (χ1n) is 6.44. The van der Waals surface area contributed by atoms with E-state index >= 15 is 0 Å². The van der Waals surface area contributed by atoms with Crippen molar-refractivity contribution in [3.63, 3.8) is 0 Å². The minimum absolute atomic E-state index is 0.374. The third-order valence-corrected chi connectivity index (χ3v) is 3.30. The lowest BCUT2D eigenvalue weighted by atomic mass is 9.83. The van der Waals surface area contributed by atoms with E-state index in [-0.39, 0.29) is 0 Å². The quantitative estimate of drug-likeness (QED) is 0.663. The first-order valence-corrected chi connectivity index (χ1v) is 6.44. The van der Waals surface area contributed by atoms with E-state index in [1.54, 1.807) is 14.2 Å². The van der Waals surface area contributed by atoms with Gasteiger partial charge in [0, 0.05) is 20.1 Å². The molecule has 0 heterocycles. The molecule has 0 fully saturated rings. The maximum absolute atomic E-state index is 4.25. The number of ether oxygens (including phenoxy) is 1. The summed E-state index contributed by atoms with van der Waals surface area (Å²) in [6.45, 7) is 6.19. The number of benzene rings is 2. The van der Waals surface area contributed by atoms with Gasteiger partial charge in [-0.15, -0.1) is 0 Å². The minimum Gasteiger partial charge on any atom is -0.388 e. The van der Waals surface area contributed by atoms with Gasteiger partial charge in [-0.05, 0) is 28.8 Å². The fourth-order valence-corrected chi connectivity index (χ4v) is 2.53. The third kappa shape index (κ3) is 2.61. The van der Waals surface area contributed by atoms with Crippen LogP contribution in [0, 0.1) is 0 Å². The van der Waals surface area contributed by atoms with Gasteiger partial charge in [-0.3, -0.25) is 0 Å². The van der Waals surface area contributed by atoms with Gasteiger partial charge in [0.2, 0.25) is 0 Å². The highest BCUT2D eigenvalue weighted by Crippen LogP contribution is 2.37. The molecule has 0 N–H and O–H groups in total. The maximum atomic E-state index is 4.25. The number of hydrogen-bond donors (Lipinski definition) is 0. The molecule has 0 aliphatic heterocycles. The summed E-state index contributed by atoms with van der Waals surface area (Å²) in [7, 11) is 3.25. The van der Waals surface area contributed by atoms with Crippen LogP contribution in [0.4, 0.5) is 0 Å². The van der Waals surface area contributed by atoms with Crippen LogP contribution in [0.15, 0.2) is 54.6 Å². The second kappa shape index (κ2) is 5.85. The zero-order valence-electron chi connectivity index (χ0n) is 11.8. The van der Waals surface area contributed by atoms with E-state index < -0.39 is 0 Å². The van der Waals surface area contributed by atoms with Crippen LogP contribution < -0.4 is 0 Å². The van der Waals surface area contributed by atoms with Crippen molar-refractivity contribution in [3.8, 4) is 0 Å². The van der Waals surface area contributed by atoms with E-state index in [1.807, 2.05) is 0 Å². The Kier molecular flexibility index (Phi) is 4.18. The molecule has 2 aromatic rings. The third-order valence-electron chi connectivity index (χ3n) is 3.30. The Balaban J connectivity index is 0.000000408. The van der Waals surface area contributed by atoms with Crippen LogP contribution in [-0.4, -0.2) is 14.2 Å². The number of allylic oxidation sites excluding steroid dienone is 2. The van der Waals surface area contributed by atoms with Gasteiger partial charge in [0.05, 0.1) is 0 Å². The van der Waals surface area contributed by atoms with Crippen molar-refractivity contribution in [1.29, 1.82) is 0 Å². The normalized spacial score (nSPS) is 15.8. The Morgan fingerprint density at radius 1 is 1.11 bits per heavy atom. The molecule has 1 heteroatoms. The minimum atomic E-state index is 0.374. The van der Waals surface area contributed by atoms with Crippen LogP contribution in [0.2, 0.25) is 0 Å². The molecule has 3 rings (SSSR count). The molecule has 2 aromatic carbocycles. The average Bonchev–Trinajstić information content (AvgIpc) is 2.40. The van der Waals surface area contributed by atoms with Crippen molar-refractivity contribution in [3.05, 3.63) is 65.8 Å². The maximum Gasteiger partial charge on any atom is 0.0351 e. The van der Waals surface area contributed by atoms with Gasteiger partial charge < -0.3 is 4.74 Å². The van der Waals surface area contributed by atoms with Crippen molar-refractivity contribution in [2.24, 2.45) is 0 Å². The van der Waals surface area contributed by atoms with E-state index in [1.165, 1.54) is 27.5 Å². The summed E-state index contributed by atoms with van der Waals surface area (Å²) in [6, 6.07) is 13.0. The molecule has 1 nitrogen and oxygen atoms in total. The summed E-state index contributed by atoms with van der Waals surface area (Å²) in [5, 5.41) is 2.71. The lowest BCUT2D eigenvalue weighted by molar-refractivity contribution is 0.277. The summed E-state index contributed by atoms with van der Waals surface area (Å²) >= 11 is 0. The Labute approximate surface area is 115 Å². The van der Waals surface area contributed by atoms with E-state index in [4.69, 9.17) is 0 Å². The van der Waals surface area contributed by atoms with Gasteiger partial charge in [0.1, 0.15) is 0 Å². The van der Waals surface area contributed by atoms with Crippen molar-refractivity contribution in [2.75, 3.05) is 14.2 Å². The van der Waals surface area contributed by atoms with E-state index in [9.17, 15) is 0 Å². The van der Waals surface area contributed by atoms with Gasteiger partial charge in [-0.1, -0.05) is 60.7 Å². The van der Waals surface area contributed by atoms with Gasteiger partial charge in [0.15, 0.2) is 0 Å². The van der Waals surface area contributed by atoms with Crippen LogP contribution >= 0.6 is 0 Å². The van der Waals surface area contributed by atoms with Crippen molar-refractivity contribution in [1.82, 2.24) is 0 Å². The predicted molar refractivity (Wildman–Crippen MR) is 83.5 cm³/mol. The Bertz CT molecular complexity index is 617. The van der Waals surface area contributed by atoms with E-state index in [0.29, 0.717) is 5.92 Å². The zero-order valence-corrected chi connectivity index (χ0v) is 11.8. The summed E-state index contributed by atoms with van der Waals surface area (Å²) < 4.78 is 4.25. The fraction of sp³-hybridized carbons (Fsp3) is 0.222. The molecule has 19 heavy (non-hydrogen) atoms. The van der Waals surface area contributed by atoms with Gasteiger partial charge in [-0.2, -0.15) is 0 Å². The molecule has 1 unspecified atom stereocenters. The molecule has 0 aromatic heterocycles. The van der Waals surface area contributed by atoms with Crippen molar-refractivity contribution in [2.45, 2.75) is 12.8 Å². The topological polar surface area (TPSA) is 9.23 Å². The lowest BCUT2D eigenvalue weighted by Gasteiger charge is -2.21.